The Balaban J connectivity index is 1.26. The van der Waals surface area contributed by atoms with Crippen LogP contribution in [0.4, 0.5) is 5.69 Å². The second-order valence-corrected chi connectivity index (χ2v) is 13.9. The van der Waals surface area contributed by atoms with Crippen molar-refractivity contribution >= 4 is 39.4 Å². The van der Waals surface area contributed by atoms with Crippen LogP contribution in [-0.2, 0) is 11.2 Å². The summed E-state index contributed by atoms with van der Waals surface area (Å²) < 4.78 is 14.9. The number of fused-ring (bicyclic) bond motifs is 13. The van der Waals surface area contributed by atoms with Crippen molar-refractivity contribution in [1.29, 1.82) is 0 Å². The highest BCUT2D eigenvalue weighted by Gasteiger charge is 2.50. The van der Waals surface area contributed by atoms with Crippen molar-refractivity contribution in [2.45, 2.75) is 18.1 Å². The van der Waals surface area contributed by atoms with Gasteiger partial charge in [0.05, 0.1) is 0 Å². The van der Waals surface area contributed by atoms with Crippen molar-refractivity contribution in [1.82, 2.24) is 0 Å². The lowest BCUT2D eigenvalue weighted by atomic mass is 9.79. The summed E-state index contributed by atoms with van der Waals surface area (Å²) >= 11 is 0. The molecule has 0 bridgehead atoms. The summed E-state index contributed by atoms with van der Waals surface area (Å²) in [6.45, 7) is 2.18. The van der Waals surface area contributed by atoms with Crippen LogP contribution in [0.15, 0.2) is 146 Å². The number of hydrogen-bond acceptors (Lipinski definition) is 3. The number of benzene rings is 7. The van der Waals surface area contributed by atoms with E-state index in [2.05, 4.69) is 184 Å². The van der Waals surface area contributed by atoms with Crippen LogP contribution >= 0.6 is 0 Å². The maximum Gasteiger partial charge on any atom is 0.180 e. The zero-order valence-corrected chi connectivity index (χ0v) is 28.3. The molecule has 240 valence electrons. The van der Waals surface area contributed by atoms with Gasteiger partial charge in [0, 0.05) is 58.5 Å². The minimum absolute atomic E-state index is 0.832. The fraction of sp³-hybridized carbons (Fsp3) is 0.106. The fourth-order valence-corrected chi connectivity index (χ4v) is 8.60. The first-order valence-corrected chi connectivity index (χ1v) is 17.3. The predicted molar refractivity (Wildman–Crippen MR) is 206 cm³/mol. The number of ether oxygens (including phenoxy) is 2. The first kappa shape index (κ1) is 28.9. The minimum atomic E-state index is -0.836. The summed E-state index contributed by atoms with van der Waals surface area (Å²) in [4.78, 5) is 2.12. The third-order valence-corrected chi connectivity index (χ3v) is 10.9. The molecule has 1 spiro atoms. The monoisotopic (exact) mass is 645 g/mol. The molecule has 2 atom stereocenters. The van der Waals surface area contributed by atoms with Crippen LogP contribution in [-0.4, -0.2) is 14.1 Å². The van der Waals surface area contributed by atoms with Crippen LogP contribution in [0.25, 0.3) is 44.8 Å². The van der Waals surface area contributed by atoms with Gasteiger partial charge >= 0.3 is 0 Å². The molecule has 2 aliphatic heterocycles. The largest absolute Gasteiger partial charge is 0.473 e. The average molecular weight is 646 g/mol. The summed E-state index contributed by atoms with van der Waals surface area (Å²) in [7, 11) is 4.14. The van der Waals surface area contributed by atoms with E-state index >= 15 is 0 Å². The van der Waals surface area contributed by atoms with Gasteiger partial charge in [-0.15, -0.1) is 0 Å². The van der Waals surface area contributed by atoms with E-state index in [-0.39, 0.29) is 0 Å². The summed E-state index contributed by atoms with van der Waals surface area (Å²) in [5.74, 6) is 1.76. The van der Waals surface area contributed by atoms with Gasteiger partial charge in [0.15, 0.2) is 11.2 Å². The molecule has 2 unspecified atom stereocenters. The van der Waals surface area contributed by atoms with Crippen LogP contribution < -0.4 is 14.4 Å². The van der Waals surface area contributed by atoms with E-state index in [1.807, 2.05) is 0 Å². The summed E-state index contributed by atoms with van der Waals surface area (Å²) in [5.41, 5.74) is 9.71. The lowest BCUT2D eigenvalue weighted by Crippen LogP contribution is -2.36. The smallest absolute Gasteiger partial charge is 0.180 e. The molecule has 0 amide bonds. The molecule has 10 rings (SSSR count). The van der Waals surface area contributed by atoms with Gasteiger partial charge in [-0.05, 0) is 76.2 Å². The normalized spacial score (nSPS) is 19.4. The van der Waals surface area contributed by atoms with Gasteiger partial charge in [0.25, 0.3) is 0 Å². The average Bonchev–Trinajstić information content (AvgIpc) is 3.44. The number of anilines is 1. The number of aryl methyl sites for hydroxylation is 1. The maximum atomic E-state index is 7.53. The molecule has 0 radical (unpaired) electrons. The van der Waals surface area contributed by atoms with Crippen molar-refractivity contribution in [3.8, 4) is 22.6 Å². The van der Waals surface area contributed by atoms with Gasteiger partial charge in [0.1, 0.15) is 11.5 Å². The highest BCUT2D eigenvalue weighted by Crippen LogP contribution is 2.60. The molecule has 0 fully saturated rings. The van der Waals surface area contributed by atoms with Crippen LogP contribution in [0, 0.1) is 6.92 Å². The molecule has 3 nitrogen and oxygen atoms in total. The van der Waals surface area contributed by atoms with E-state index in [1.165, 1.54) is 27.5 Å². The molecule has 7 aromatic rings. The minimum Gasteiger partial charge on any atom is -0.473 e. The second-order valence-electron chi connectivity index (χ2n) is 13.9. The van der Waals surface area contributed by atoms with Crippen LogP contribution in [0.1, 0.15) is 38.9 Å². The Morgan fingerprint density at radius 2 is 1.26 bits per heavy atom. The Morgan fingerprint density at radius 3 is 2.08 bits per heavy atom. The summed E-state index contributed by atoms with van der Waals surface area (Å²) in [5, 5.41) is 4.70. The van der Waals surface area contributed by atoms with Crippen molar-refractivity contribution in [2.75, 3.05) is 19.0 Å². The topological polar surface area (TPSA) is 21.7 Å². The highest BCUT2D eigenvalue weighted by molar-refractivity contribution is 6.09. The number of hydrogen-bond donors (Lipinski definition) is 0. The molecule has 7 aromatic carbocycles. The Morgan fingerprint density at radius 1 is 0.560 bits per heavy atom. The van der Waals surface area contributed by atoms with E-state index in [1.54, 1.807) is 0 Å². The standard InChI is InChI=1S/C47H35NO2/c1-30-12-11-13-31-20-25-41-38(42(30)31)26-29-47(49-41)40-19-10-9-18-37(40)43-35-16-7-8-17-36(35)45-39(44(43)47)27-28-46(50-45,32-14-5-4-6-15-32)33-21-23-34(24-22-33)48(2)3/h4-29H,1-3H3. The van der Waals surface area contributed by atoms with E-state index in [0.717, 1.165) is 61.3 Å². The lowest BCUT2D eigenvalue weighted by Gasteiger charge is -2.40. The molecular formula is C47H35NO2. The molecule has 1 aliphatic carbocycles. The van der Waals surface area contributed by atoms with Crippen molar-refractivity contribution in [2.24, 2.45) is 0 Å². The quantitative estimate of drug-likeness (QED) is 0.191. The van der Waals surface area contributed by atoms with Gasteiger partial charge in [-0.25, -0.2) is 0 Å². The van der Waals surface area contributed by atoms with Gasteiger partial charge < -0.3 is 14.4 Å². The summed E-state index contributed by atoms with van der Waals surface area (Å²) in [6, 6.07) is 47.5. The van der Waals surface area contributed by atoms with Gasteiger partial charge in [0.2, 0.25) is 0 Å². The lowest BCUT2D eigenvalue weighted by molar-refractivity contribution is 0.154. The Hall–Kier alpha value is -6.06. The molecule has 50 heavy (non-hydrogen) atoms. The van der Waals surface area contributed by atoms with Crippen LogP contribution in [0.5, 0.6) is 11.5 Å². The Bertz CT molecular complexity index is 2580. The van der Waals surface area contributed by atoms with E-state index in [9.17, 15) is 0 Å². The zero-order valence-electron chi connectivity index (χ0n) is 28.3. The Kier molecular flexibility index (Phi) is 6.05. The zero-order chi connectivity index (χ0) is 33.6. The van der Waals surface area contributed by atoms with E-state index in [0.29, 0.717) is 0 Å². The third kappa shape index (κ3) is 3.86. The van der Waals surface area contributed by atoms with Crippen LogP contribution in [0.3, 0.4) is 0 Å². The van der Waals surface area contributed by atoms with Crippen molar-refractivity contribution < 1.29 is 9.47 Å². The molecule has 3 heteroatoms. The third-order valence-electron chi connectivity index (χ3n) is 10.9. The molecule has 2 heterocycles. The van der Waals surface area contributed by atoms with E-state index in [4.69, 9.17) is 9.47 Å². The predicted octanol–water partition coefficient (Wildman–Crippen LogP) is 11.0. The molecule has 0 saturated heterocycles. The van der Waals surface area contributed by atoms with Crippen molar-refractivity contribution in [3.05, 3.63) is 185 Å². The maximum absolute atomic E-state index is 7.53. The summed E-state index contributed by atoms with van der Waals surface area (Å²) in [6.07, 6.45) is 9.11. The molecule has 0 saturated carbocycles. The molecular weight excluding hydrogens is 611 g/mol. The van der Waals surface area contributed by atoms with Gasteiger partial charge in [-0.2, -0.15) is 0 Å². The highest BCUT2D eigenvalue weighted by atomic mass is 16.5. The Labute approximate surface area is 292 Å². The molecule has 0 aromatic heterocycles. The van der Waals surface area contributed by atoms with Gasteiger partial charge in [-0.1, -0.05) is 121 Å². The van der Waals surface area contributed by atoms with Gasteiger partial charge in [-0.3, -0.25) is 0 Å². The first-order chi connectivity index (χ1) is 24.5. The number of nitrogens with zero attached hydrogens (tertiary/aromatic N) is 1. The SMILES string of the molecule is Cc1cccc2ccc3c(c12)C=CC1(O3)c2ccccc2-c2c1c1c(c3ccccc23)OC(c2ccccc2)(c2ccc(N(C)C)cc2)C=C1. The van der Waals surface area contributed by atoms with Crippen LogP contribution in [0.2, 0.25) is 0 Å². The molecule has 3 aliphatic rings. The second kappa shape index (κ2) is 10.5. The first-order valence-electron chi connectivity index (χ1n) is 17.3. The van der Waals surface area contributed by atoms with E-state index < -0.39 is 11.2 Å². The molecule has 0 N–H and O–H groups in total. The number of rotatable bonds is 3. The fourth-order valence-electron chi connectivity index (χ4n) is 8.60. The van der Waals surface area contributed by atoms with Crippen molar-refractivity contribution in [3.63, 3.8) is 0 Å².